The summed E-state index contributed by atoms with van der Waals surface area (Å²) >= 11 is 0. The number of amides is 2. The Morgan fingerprint density at radius 2 is 2.03 bits per heavy atom. The molecule has 30 heavy (non-hydrogen) atoms. The summed E-state index contributed by atoms with van der Waals surface area (Å²) in [4.78, 5) is 46.0. The number of carboxylic acid groups (broad SMARTS) is 1. The quantitative estimate of drug-likeness (QED) is 0.295. The molecule has 0 saturated carbocycles. The topological polar surface area (TPSA) is 164 Å². The number of aliphatic imine (C=N–C) groups is 1. The molecule has 1 atom stereocenters. The van der Waals surface area contributed by atoms with Crippen molar-refractivity contribution in [3.05, 3.63) is 53.9 Å². The van der Waals surface area contributed by atoms with Gasteiger partial charge in [0.25, 0.3) is 0 Å². The summed E-state index contributed by atoms with van der Waals surface area (Å²) < 4.78 is 0. The van der Waals surface area contributed by atoms with Crippen LogP contribution in [0.2, 0.25) is 0 Å². The van der Waals surface area contributed by atoms with Gasteiger partial charge in [0, 0.05) is 18.4 Å². The molecule has 10 heteroatoms. The third-order valence-corrected chi connectivity index (χ3v) is 4.59. The van der Waals surface area contributed by atoms with E-state index in [1.807, 2.05) is 6.07 Å². The number of aromatic nitrogens is 1. The first kappa shape index (κ1) is 20.8. The highest BCUT2D eigenvalue weighted by Crippen LogP contribution is 2.32. The zero-order valence-corrected chi connectivity index (χ0v) is 16.1. The number of nitrogens with zero attached hydrogens (tertiary/aromatic N) is 3. The van der Waals surface area contributed by atoms with Crippen LogP contribution >= 0.6 is 0 Å². The van der Waals surface area contributed by atoms with E-state index in [1.54, 1.807) is 30.3 Å². The summed E-state index contributed by atoms with van der Waals surface area (Å²) in [6, 6.07) is 9.47. The van der Waals surface area contributed by atoms with Crippen molar-refractivity contribution >= 4 is 35.1 Å². The average Bonchev–Trinajstić information content (AvgIpc) is 3.10. The minimum atomic E-state index is -1.09. The van der Waals surface area contributed by atoms with Crippen molar-refractivity contribution in [1.29, 1.82) is 0 Å². The molecule has 1 aromatic carbocycles. The maximum Gasteiger partial charge on any atom is 0.305 e. The van der Waals surface area contributed by atoms with Gasteiger partial charge in [-0.1, -0.05) is 12.1 Å². The highest BCUT2D eigenvalue weighted by Gasteiger charge is 2.27. The third kappa shape index (κ3) is 5.10. The number of fused-ring (bicyclic) bond motifs is 1. The number of anilines is 1. The SMILES string of the molecule is NC(N)=Nc1ccc2c(c1)N(C(=O)CC(=O)NC(CC(=O)O)c1ccccn1)CC2. The Morgan fingerprint density at radius 3 is 2.70 bits per heavy atom. The Kier molecular flexibility index (Phi) is 6.26. The van der Waals surface area contributed by atoms with Gasteiger partial charge >= 0.3 is 5.97 Å². The van der Waals surface area contributed by atoms with E-state index in [4.69, 9.17) is 16.6 Å². The second kappa shape index (κ2) is 9.03. The Labute approximate surface area is 172 Å². The zero-order chi connectivity index (χ0) is 21.7. The second-order valence-electron chi connectivity index (χ2n) is 6.79. The predicted octanol–water partition coefficient (Wildman–Crippen LogP) is 0.598. The Hall–Kier alpha value is -3.95. The van der Waals surface area contributed by atoms with Gasteiger partial charge in [0.15, 0.2) is 5.96 Å². The van der Waals surface area contributed by atoms with Gasteiger partial charge < -0.3 is 26.8 Å². The smallest absolute Gasteiger partial charge is 0.305 e. The van der Waals surface area contributed by atoms with Crippen molar-refractivity contribution in [2.75, 3.05) is 11.4 Å². The first-order chi connectivity index (χ1) is 14.3. The molecule has 0 spiro atoms. The molecular weight excluding hydrogens is 388 g/mol. The van der Waals surface area contributed by atoms with Crippen LogP contribution in [0.5, 0.6) is 0 Å². The fourth-order valence-electron chi connectivity index (χ4n) is 3.31. The number of guanidine groups is 1. The van der Waals surface area contributed by atoms with E-state index < -0.39 is 30.2 Å². The molecule has 1 aliphatic heterocycles. The molecule has 0 aliphatic carbocycles. The molecule has 0 radical (unpaired) electrons. The van der Waals surface area contributed by atoms with Crippen molar-refractivity contribution in [3.63, 3.8) is 0 Å². The van der Waals surface area contributed by atoms with E-state index in [0.29, 0.717) is 30.0 Å². The van der Waals surface area contributed by atoms with Crippen molar-refractivity contribution in [1.82, 2.24) is 10.3 Å². The van der Waals surface area contributed by atoms with Crippen LogP contribution in [0.25, 0.3) is 0 Å². The molecule has 1 aliphatic rings. The van der Waals surface area contributed by atoms with Crippen molar-refractivity contribution in [2.45, 2.75) is 25.3 Å². The molecule has 1 aromatic heterocycles. The van der Waals surface area contributed by atoms with Crippen LogP contribution in [0, 0.1) is 0 Å². The predicted molar refractivity (Wildman–Crippen MR) is 110 cm³/mol. The molecule has 1 unspecified atom stereocenters. The van der Waals surface area contributed by atoms with Crippen LogP contribution in [0.1, 0.15) is 30.1 Å². The maximum absolute atomic E-state index is 12.7. The van der Waals surface area contributed by atoms with E-state index in [-0.39, 0.29) is 12.4 Å². The number of aliphatic carboxylic acids is 1. The highest BCUT2D eigenvalue weighted by atomic mass is 16.4. The normalized spacial score (nSPS) is 13.3. The van der Waals surface area contributed by atoms with Crippen LogP contribution < -0.4 is 21.7 Å². The Bertz CT molecular complexity index is 988. The van der Waals surface area contributed by atoms with Crippen molar-refractivity contribution in [3.8, 4) is 0 Å². The third-order valence-electron chi connectivity index (χ3n) is 4.59. The molecule has 0 fully saturated rings. The number of rotatable bonds is 7. The van der Waals surface area contributed by atoms with Gasteiger partial charge in [0.1, 0.15) is 6.42 Å². The number of nitrogens with one attached hydrogen (secondary N) is 1. The number of carbonyl (C=O) groups excluding carboxylic acids is 2. The minimum Gasteiger partial charge on any atom is -0.481 e. The minimum absolute atomic E-state index is 0.0933. The zero-order valence-electron chi connectivity index (χ0n) is 16.1. The van der Waals surface area contributed by atoms with Crippen molar-refractivity contribution < 1.29 is 19.5 Å². The number of hydrogen-bond donors (Lipinski definition) is 4. The number of carbonyl (C=O) groups is 3. The van der Waals surface area contributed by atoms with Crippen LogP contribution in [-0.4, -0.2) is 40.4 Å². The number of nitrogens with two attached hydrogens (primary N) is 2. The summed E-state index contributed by atoms with van der Waals surface area (Å²) in [6.07, 6.45) is 1.40. The molecule has 0 saturated heterocycles. The number of carboxylic acids is 1. The van der Waals surface area contributed by atoms with E-state index >= 15 is 0 Å². The molecule has 6 N–H and O–H groups in total. The molecule has 156 valence electrons. The lowest BCUT2D eigenvalue weighted by atomic mass is 10.1. The lowest BCUT2D eigenvalue weighted by molar-refractivity contribution is -0.137. The number of hydrogen-bond acceptors (Lipinski definition) is 5. The monoisotopic (exact) mass is 410 g/mol. The second-order valence-corrected chi connectivity index (χ2v) is 6.79. The first-order valence-electron chi connectivity index (χ1n) is 9.28. The summed E-state index contributed by atoms with van der Waals surface area (Å²) in [6.45, 7) is 0.436. The summed E-state index contributed by atoms with van der Waals surface area (Å²) in [5.41, 5.74) is 13.3. The Morgan fingerprint density at radius 1 is 1.23 bits per heavy atom. The van der Waals surface area contributed by atoms with Crippen LogP contribution in [0.3, 0.4) is 0 Å². The average molecular weight is 410 g/mol. The summed E-state index contributed by atoms with van der Waals surface area (Å²) in [5, 5.41) is 11.7. The van der Waals surface area contributed by atoms with Crippen LogP contribution in [0.15, 0.2) is 47.6 Å². The summed E-state index contributed by atoms with van der Waals surface area (Å²) in [5.74, 6) is -2.16. The van der Waals surface area contributed by atoms with Crippen molar-refractivity contribution in [2.24, 2.45) is 16.5 Å². The lowest BCUT2D eigenvalue weighted by Crippen LogP contribution is -2.37. The van der Waals surface area contributed by atoms with E-state index in [9.17, 15) is 14.4 Å². The summed E-state index contributed by atoms with van der Waals surface area (Å²) in [7, 11) is 0. The standard InChI is InChI=1S/C20H22N6O4/c21-20(22)24-13-5-4-12-6-8-26(16(12)9-13)18(28)11-17(27)25-15(10-19(29)30)14-3-1-2-7-23-14/h1-5,7,9,15H,6,8,10-11H2,(H,25,27)(H,29,30)(H4,21,22,24). The maximum atomic E-state index is 12.7. The first-order valence-corrected chi connectivity index (χ1v) is 9.28. The molecular formula is C20H22N6O4. The van der Waals surface area contributed by atoms with E-state index in [1.165, 1.54) is 11.1 Å². The molecule has 3 rings (SSSR count). The highest BCUT2D eigenvalue weighted by molar-refractivity contribution is 6.06. The molecule has 0 bridgehead atoms. The van der Waals surface area contributed by atoms with Gasteiger partial charge in [0.05, 0.1) is 23.8 Å². The van der Waals surface area contributed by atoms with Gasteiger partial charge in [-0.25, -0.2) is 4.99 Å². The largest absolute Gasteiger partial charge is 0.481 e. The van der Waals surface area contributed by atoms with Crippen LogP contribution in [0.4, 0.5) is 11.4 Å². The Balaban J connectivity index is 1.70. The molecule has 10 nitrogen and oxygen atoms in total. The van der Waals surface area contributed by atoms with E-state index in [2.05, 4.69) is 15.3 Å². The van der Waals surface area contributed by atoms with Gasteiger partial charge in [-0.05, 0) is 36.2 Å². The van der Waals surface area contributed by atoms with Crippen LogP contribution in [-0.2, 0) is 20.8 Å². The van der Waals surface area contributed by atoms with Gasteiger partial charge in [-0.15, -0.1) is 0 Å². The van der Waals surface area contributed by atoms with E-state index in [0.717, 1.165) is 5.56 Å². The number of pyridine rings is 1. The van der Waals surface area contributed by atoms with Gasteiger partial charge in [0.2, 0.25) is 11.8 Å². The number of benzene rings is 1. The molecule has 2 aromatic rings. The molecule has 2 amide bonds. The van der Waals surface area contributed by atoms with Gasteiger partial charge in [-0.2, -0.15) is 0 Å². The fourth-order valence-corrected chi connectivity index (χ4v) is 3.31. The fraction of sp³-hybridized carbons (Fsp3) is 0.250. The lowest BCUT2D eigenvalue weighted by Gasteiger charge is -2.20. The van der Waals surface area contributed by atoms with Gasteiger partial charge in [-0.3, -0.25) is 19.4 Å². The molecule has 2 heterocycles.